The van der Waals surface area contributed by atoms with Crippen molar-refractivity contribution in [2.45, 2.75) is 0 Å². The van der Waals surface area contributed by atoms with Gasteiger partial charge in [0, 0.05) is 0 Å². The molecule has 0 atom stereocenters. The van der Waals surface area contributed by atoms with E-state index in [-0.39, 0.29) is 10.3 Å². The monoisotopic (exact) mass is 188 g/mol. The number of hydrogen-bond acceptors (Lipinski definition) is 3. The molecule has 6 heteroatoms. The first-order valence-electron chi connectivity index (χ1n) is 2.80. The van der Waals surface area contributed by atoms with Crippen molar-refractivity contribution in [2.75, 3.05) is 0 Å². The largest absolute Gasteiger partial charge is 0.342 e. The molecular formula is C5H2Cl2N4. The fourth-order valence-corrected chi connectivity index (χ4v) is 1.16. The molecule has 0 unspecified atom stereocenters. The number of nitrogens with zero attached hydrogens (tertiary/aromatic N) is 3. The zero-order valence-corrected chi connectivity index (χ0v) is 6.69. The Balaban J connectivity index is 2.96. The molecule has 0 saturated carbocycles. The molecule has 0 amide bonds. The zero-order valence-electron chi connectivity index (χ0n) is 5.17. The SMILES string of the molecule is Clc1nnc(Cl)c2[nH]cnc12. The zero-order chi connectivity index (χ0) is 7.84. The maximum atomic E-state index is 5.67. The van der Waals surface area contributed by atoms with Crippen LogP contribution in [0.25, 0.3) is 11.0 Å². The molecule has 56 valence electrons. The van der Waals surface area contributed by atoms with Gasteiger partial charge in [-0.05, 0) is 0 Å². The third-order valence-corrected chi connectivity index (χ3v) is 1.79. The second kappa shape index (κ2) is 2.32. The van der Waals surface area contributed by atoms with Gasteiger partial charge < -0.3 is 4.98 Å². The van der Waals surface area contributed by atoms with Crippen LogP contribution in [0.3, 0.4) is 0 Å². The van der Waals surface area contributed by atoms with Gasteiger partial charge in [-0.2, -0.15) is 0 Å². The first-order valence-corrected chi connectivity index (χ1v) is 3.55. The number of H-pyrrole nitrogens is 1. The Morgan fingerprint density at radius 3 is 2.64 bits per heavy atom. The van der Waals surface area contributed by atoms with E-state index in [2.05, 4.69) is 20.2 Å². The Bertz CT molecular complexity index is 360. The van der Waals surface area contributed by atoms with Crippen LogP contribution in [0.15, 0.2) is 6.33 Å². The van der Waals surface area contributed by atoms with Crippen LogP contribution in [-0.2, 0) is 0 Å². The molecule has 0 aliphatic heterocycles. The molecular weight excluding hydrogens is 187 g/mol. The van der Waals surface area contributed by atoms with Crippen molar-refractivity contribution in [3.8, 4) is 0 Å². The fourth-order valence-electron chi connectivity index (χ4n) is 0.793. The van der Waals surface area contributed by atoms with Crippen LogP contribution in [0.2, 0.25) is 10.3 Å². The lowest BCUT2D eigenvalue weighted by Crippen LogP contribution is -1.84. The van der Waals surface area contributed by atoms with Crippen LogP contribution < -0.4 is 0 Å². The Labute approximate surface area is 71.6 Å². The van der Waals surface area contributed by atoms with Crippen molar-refractivity contribution in [3.05, 3.63) is 16.6 Å². The molecule has 0 spiro atoms. The smallest absolute Gasteiger partial charge is 0.179 e. The van der Waals surface area contributed by atoms with E-state index in [0.29, 0.717) is 11.0 Å². The van der Waals surface area contributed by atoms with Gasteiger partial charge in [0.2, 0.25) is 0 Å². The highest BCUT2D eigenvalue weighted by atomic mass is 35.5. The summed E-state index contributed by atoms with van der Waals surface area (Å²) >= 11 is 11.3. The number of nitrogens with one attached hydrogen (secondary N) is 1. The van der Waals surface area contributed by atoms with Crippen LogP contribution >= 0.6 is 23.2 Å². The second-order valence-corrected chi connectivity index (χ2v) is 2.62. The van der Waals surface area contributed by atoms with Crippen LogP contribution in [0, 0.1) is 0 Å². The summed E-state index contributed by atoms with van der Waals surface area (Å²) in [7, 11) is 0. The lowest BCUT2D eigenvalue weighted by atomic mass is 10.5. The molecule has 0 radical (unpaired) electrons. The van der Waals surface area contributed by atoms with Crippen molar-refractivity contribution < 1.29 is 0 Å². The van der Waals surface area contributed by atoms with Crippen LogP contribution in [0.1, 0.15) is 0 Å². The molecule has 0 bridgehead atoms. The summed E-state index contributed by atoms with van der Waals surface area (Å²) in [5, 5.41) is 7.71. The van der Waals surface area contributed by atoms with E-state index in [1.165, 1.54) is 6.33 Å². The van der Waals surface area contributed by atoms with Gasteiger partial charge in [0.1, 0.15) is 11.0 Å². The molecule has 1 N–H and O–H groups in total. The third kappa shape index (κ3) is 0.948. The molecule has 2 aromatic heterocycles. The number of imidazole rings is 1. The number of fused-ring (bicyclic) bond motifs is 1. The number of aromatic nitrogens is 4. The highest BCUT2D eigenvalue weighted by Crippen LogP contribution is 2.21. The van der Waals surface area contributed by atoms with E-state index < -0.39 is 0 Å². The topological polar surface area (TPSA) is 54.5 Å². The molecule has 2 aromatic rings. The maximum Gasteiger partial charge on any atom is 0.179 e. The third-order valence-electron chi connectivity index (χ3n) is 1.27. The lowest BCUT2D eigenvalue weighted by molar-refractivity contribution is 1.05. The van der Waals surface area contributed by atoms with Crippen LogP contribution in [0.5, 0.6) is 0 Å². The van der Waals surface area contributed by atoms with E-state index in [1.807, 2.05) is 0 Å². The van der Waals surface area contributed by atoms with Crippen LogP contribution in [0.4, 0.5) is 0 Å². The van der Waals surface area contributed by atoms with E-state index in [4.69, 9.17) is 23.2 Å². The van der Waals surface area contributed by atoms with E-state index in [9.17, 15) is 0 Å². The van der Waals surface area contributed by atoms with E-state index >= 15 is 0 Å². The van der Waals surface area contributed by atoms with Gasteiger partial charge in [-0.1, -0.05) is 23.2 Å². The van der Waals surface area contributed by atoms with Gasteiger partial charge in [-0.15, -0.1) is 10.2 Å². The summed E-state index contributed by atoms with van der Waals surface area (Å²) in [6.45, 7) is 0. The predicted molar refractivity (Wildman–Crippen MR) is 41.7 cm³/mol. The lowest BCUT2D eigenvalue weighted by Gasteiger charge is -1.90. The molecule has 2 rings (SSSR count). The minimum atomic E-state index is 0.255. The molecule has 0 fully saturated rings. The standard InChI is InChI=1S/C5H2Cl2N4/c6-4-2-3(9-1-8-2)5(7)11-10-4/h1H,(H,8,9). The van der Waals surface area contributed by atoms with Gasteiger partial charge in [-0.3, -0.25) is 0 Å². The number of rotatable bonds is 0. The Morgan fingerprint density at radius 1 is 1.18 bits per heavy atom. The average molecular weight is 189 g/mol. The summed E-state index contributed by atoms with van der Waals surface area (Å²) in [4.78, 5) is 6.70. The Morgan fingerprint density at radius 2 is 1.91 bits per heavy atom. The average Bonchev–Trinajstić information content (AvgIpc) is 2.45. The molecule has 0 aromatic carbocycles. The predicted octanol–water partition coefficient (Wildman–Crippen LogP) is 1.66. The summed E-state index contributed by atoms with van der Waals surface area (Å²) in [5.41, 5.74) is 1.17. The van der Waals surface area contributed by atoms with Crippen molar-refractivity contribution in [1.29, 1.82) is 0 Å². The summed E-state index contributed by atoms with van der Waals surface area (Å²) < 4.78 is 0. The molecule has 4 nitrogen and oxygen atoms in total. The van der Waals surface area contributed by atoms with Crippen LogP contribution in [-0.4, -0.2) is 20.2 Å². The highest BCUT2D eigenvalue weighted by Gasteiger charge is 2.06. The molecule has 0 saturated heterocycles. The second-order valence-electron chi connectivity index (χ2n) is 1.91. The summed E-state index contributed by atoms with van der Waals surface area (Å²) in [5.74, 6) is 0. The fraction of sp³-hybridized carbons (Fsp3) is 0. The van der Waals surface area contributed by atoms with Gasteiger partial charge in [0.05, 0.1) is 6.33 Å². The van der Waals surface area contributed by atoms with Crippen molar-refractivity contribution in [2.24, 2.45) is 0 Å². The summed E-state index contributed by atoms with van der Waals surface area (Å²) in [6, 6.07) is 0. The quantitative estimate of drug-likeness (QED) is 0.685. The van der Waals surface area contributed by atoms with E-state index in [0.717, 1.165) is 0 Å². The number of aromatic amines is 1. The number of halogens is 2. The number of hydrogen-bond donors (Lipinski definition) is 1. The molecule has 0 aliphatic carbocycles. The van der Waals surface area contributed by atoms with E-state index in [1.54, 1.807) is 0 Å². The normalized spacial score (nSPS) is 10.7. The van der Waals surface area contributed by atoms with Crippen molar-refractivity contribution in [3.63, 3.8) is 0 Å². The van der Waals surface area contributed by atoms with Crippen molar-refractivity contribution >= 4 is 34.2 Å². The minimum Gasteiger partial charge on any atom is -0.342 e. The van der Waals surface area contributed by atoms with Gasteiger partial charge in [0.25, 0.3) is 0 Å². The Hall–Kier alpha value is -0.870. The van der Waals surface area contributed by atoms with Gasteiger partial charge in [0.15, 0.2) is 10.3 Å². The maximum absolute atomic E-state index is 5.67. The van der Waals surface area contributed by atoms with Gasteiger partial charge in [-0.25, -0.2) is 4.98 Å². The molecule has 2 heterocycles. The molecule has 0 aliphatic rings. The first-order chi connectivity index (χ1) is 5.29. The van der Waals surface area contributed by atoms with Gasteiger partial charge >= 0.3 is 0 Å². The first kappa shape index (κ1) is 6.82. The Kier molecular flexibility index (Phi) is 1.44. The van der Waals surface area contributed by atoms with Crippen molar-refractivity contribution in [1.82, 2.24) is 20.2 Å². The summed E-state index contributed by atoms with van der Waals surface area (Å²) in [6.07, 6.45) is 1.49. The highest BCUT2D eigenvalue weighted by molar-refractivity contribution is 6.37. The molecule has 11 heavy (non-hydrogen) atoms. The minimum absolute atomic E-state index is 0.255.